The van der Waals surface area contributed by atoms with Gasteiger partial charge in [0.15, 0.2) is 0 Å². The SMILES string of the molecule is CCN1CCOC2(CCN(CC(C)C)CC2)C1. The molecule has 17 heavy (non-hydrogen) atoms. The van der Waals surface area contributed by atoms with Gasteiger partial charge in [0, 0.05) is 32.7 Å². The average Bonchev–Trinajstić information content (AvgIpc) is 2.32. The molecule has 0 atom stereocenters. The highest BCUT2D eigenvalue weighted by atomic mass is 16.5. The van der Waals surface area contributed by atoms with Gasteiger partial charge in [0.05, 0.1) is 12.2 Å². The molecule has 0 aliphatic carbocycles. The summed E-state index contributed by atoms with van der Waals surface area (Å²) in [7, 11) is 0. The van der Waals surface area contributed by atoms with Crippen molar-refractivity contribution in [1.82, 2.24) is 9.80 Å². The zero-order valence-electron chi connectivity index (χ0n) is 11.7. The maximum absolute atomic E-state index is 6.12. The van der Waals surface area contributed by atoms with Gasteiger partial charge >= 0.3 is 0 Å². The lowest BCUT2D eigenvalue weighted by Crippen LogP contribution is -2.57. The summed E-state index contributed by atoms with van der Waals surface area (Å²) in [6, 6.07) is 0. The molecule has 2 fully saturated rings. The Kier molecular flexibility index (Phi) is 4.45. The molecular formula is C14H28N2O. The molecule has 1 spiro atoms. The highest BCUT2D eigenvalue weighted by molar-refractivity contribution is 4.92. The van der Waals surface area contributed by atoms with Crippen LogP contribution < -0.4 is 0 Å². The molecule has 2 aliphatic heterocycles. The number of piperidine rings is 1. The quantitative estimate of drug-likeness (QED) is 0.748. The van der Waals surface area contributed by atoms with Crippen LogP contribution in [0, 0.1) is 5.92 Å². The van der Waals surface area contributed by atoms with Crippen molar-refractivity contribution in [1.29, 1.82) is 0 Å². The Bertz CT molecular complexity index is 234. The van der Waals surface area contributed by atoms with Crippen LogP contribution in [0.2, 0.25) is 0 Å². The van der Waals surface area contributed by atoms with Crippen molar-refractivity contribution in [3.8, 4) is 0 Å². The van der Waals surface area contributed by atoms with Crippen molar-refractivity contribution in [2.45, 2.75) is 39.2 Å². The van der Waals surface area contributed by atoms with Crippen molar-refractivity contribution in [2.24, 2.45) is 5.92 Å². The summed E-state index contributed by atoms with van der Waals surface area (Å²) in [6.07, 6.45) is 2.44. The Morgan fingerprint density at radius 1 is 1.12 bits per heavy atom. The van der Waals surface area contributed by atoms with Crippen LogP contribution in [0.4, 0.5) is 0 Å². The molecule has 0 amide bonds. The zero-order chi connectivity index (χ0) is 12.3. The minimum absolute atomic E-state index is 0.182. The number of hydrogen-bond donors (Lipinski definition) is 0. The molecule has 100 valence electrons. The molecule has 3 heteroatoms. The molecule has 0 saturated carbocycles. The molecule has 0 bridgehead atoms. The van der Waals surface area contributed by atoms with E-state index in [2.05, 4.69) is 30.6 Å². The maximum Gasteiger partial charge on any atom is 0.0833 e. The maximum atomic E-state index is 6.12. The van der Waals surface area contributed by atoms with E-state index in [1.807, 2.05) is 0 Å². The lowest BCUT2D eigenvalue weighted by Gasteiger charge is -2.47. The second-order valence-electron chi connectivity index (χ2n) is 6.09. The van der Waals surface area contributed by atoms with Crippen LogP contribution in [0.15, 0.2) is 0 Å². The summed E-state index contributed by atoms with van der Waals surface area (Å²) < 4.78 is 6.12. The number of likely N-dealkylation sites (N-methyl/N-ethyl adjacent to an activating group) is 1. The van der Waals surface area contributed by atoms with Gasteiger partial charge in [-0.05, 0) is 25.3 Å². The van der Waals surface area contributed by atoms with Gasteiger partial charge in [-0.1, -0.05) is 20.8 Å². The summed E-state index contributed by atoms with van der Waals surface area (Å²) in [6.45, 7) is 14.9. The van der Waals surface area contributed by atoms with E-state index in [-0.39, 0.29) is 5.60 Å². The fourth-order valence-corrected chi connectivity index (χ4v) is 3.16. The van der Waals surface area contributed by atoms with Gasteiger partial charge in [-0.25, -0.2) is 0 Å². The first kappa shape index (κ1) is 13.3. The van der Waals surface area contributed by atoms with Crippen molar-refractivity contribution in [3.63, 3.8) is 0 Å². The molecule has 0 radical (unpaired) electrons. The van der Waals surface area contributed by atoms with E-state index in [4.69, 9.17) is 4.74 Å². The third kappa shape index (κ3) is 3.43. The molecule has 2 rings (SSSR count). The number of hydrogen-bond acceptors (Lipinski definition) is 3. The van der Waals surface area contributed by atoms with Crippen LogP contribution in [0.3, 0.4) is 0 Å². The number of ether oxygens (including phenoxy) is 1. The summed E-state index contributed by atoms with van der Waals surface area (Å²) in [5, 5.41) is 0. The third-order valence-electron chi connectivity index (χ3n) is 4.17. The van der Waals surface area contributed by atoms with Crippen LogP contribution in [0.5, 0.6) is 0 Å². The molecule has 0 aromatic rings. The Labute approximate surface area is 106 Å². The molecule has 3 nitrogen and oxygen atoms in total. The summed E-state index contributed by atoms with van der Waals surface area (Å²) >= 11 is 0. The Balaban J connectivity index is 1.84. The lowest BCUT2D eigenvalue weighted by molar-refractivity contribution is -0.135. The second kappa shape index (κ2) is 5.68. The van der Waals surface area contributed by atoms with E-state index in [1.54, 1.807) is 0 Å². The first-order valence-electron chi connectivity index (χ1n) is 7.22. The van der Waals surface area contributed by atoms with E-state index in [0.29, 0.717) is 0 Å². The number of rotatable bonds is 3. The smallest absolute Gasteiger partial charge is 0.0833 e. The van der Waals surface area contributed by atoms with Crippen LogP contribution in [0.25, 0.3) is 0 Å². The van der Waals surface area contributed by atoms with Gasteiger partial charge < -0.3 is 9.64 Å². The molecule has 0 unspecified atom stereocenters. The predicted octanol–water partition coefficient (Wildman–Crippen LogP) is 1.83. The van der Waals surface area contributed by atoms with Crippen LogP contribution in [-0.4, -0.2) is 61.3 Å². The van der Waals surface area contributed by atoms with E-state index in [1.165, 1.54) is 39.0 Å². The third-order valence-corrected chi connectivity index (χ3v) is 4.17. The molecule has 0 N–H and O–H groups in total. The van der Waals surface area contributed by atoms with Crippen LogP contribution in [-0.2, 0) is 4.74 Å². The molecule has 2 saturated heterocycles. The predicted molar refractivity (Wildman–Crippen MR) is 71.3 cm³/mol. The van der Waals surface area contributed by atoms with Gasteiger partial charge in [-0.15, -0.1) is 0 Å². The molecule has 2 heterocycles. The fourth-order valence-electron chi connectivity index (χ4n) is 3.16. The van der Waals surface area contributed by atoms with Crippen molar-refractivity contribution < 1.29 is 4.74 Å². The highest BCUT2D eigenvalue weighted by Crippen LogP contribution is 2.30. The largest absolute Gasteiger partial charge is 0.372 e. The summed E-state index contributed by atoms with van der Waals surface area (Å²) in [4.78, 5) is 5.14. The average molecular weight is 240 g/mol. The molecule has 0 aromatic heterocycles. The van der Waals surface area contributed by atoms with E-state index >= 15 is 0 Å². The minimum atomic E-state index is 0.182. The Morgan fingerprint density at radius 3 is 2.41 bits per heavy atom. The molecular weight excluding hydrogens is 212 g/mol. The fraction of sp³-hybridized carbons (Fsp3) is 1.00. The van der Waals surface area contributed by atoms with Crippen molar-refractivity contribution in [3.05, 3.63) is 0 Å². The highest BCUT2D eigenvalue weighted by Gasteiger charge is 2.39. The van der Waals surface area contributed by atoms with E-state index in [0.717, 1.165) is 25.6 Å². The van der Waals surface area contributed by atoms with Gasteiger partial charge in [-0.2, -0.15) is 0 Å². The summed E-state index contributed by atoms with van der Waals surface area (Å²) in [5.74, 6) is 0.781. The lowest BCUT2D eigenvalue weighted by atomic mass is 9.89. The first-order valence-corrected chi connectivity index (χ1v) is 7.22. The number of morpholine rings is 1. The van der Waals surface area contributed by atoms with Crippen molar-refractivity contribution >= 4 is 0 Å². The van der Waals surface area contributed by atoms with Crippen molar-refractivity contribution in [2.75, 3.05) is 45.9 Å². The van der Waals surface area contributed by atoms with Gasteiger partial charge in [0.1, 0.15) is 0 Å². The van der Waals surface area contributed by atoms with Crippen LogP contribution >= 0.6 is 0 Å². The zero-order valence-corrected chi connectivity index (χ0v) is 11.7. The van der Waals surface area contributed by atoms with Gasteiger partial charge in [0.25, 0.3) is 0 Å². The van der Waals surface area contributed by atoms with E-state index < -0.39 is 0 Å². The van der Waals surface area contributed by atoms with Gasteiger partial charge in [0.2, 0.25) is 0 Å². The van der Waals surface area contributed by atoms with E-state index in [9.17, 15) is 0 Å². The molecule has 2 aliphatic rings. The first-order chi connectivity index (χ1) is 8.13. The Hall–Kier alpha value is -0.120. The number of likely N-dealkylation sites (tertiary alicyclic amines) is 1. The second-order valence-corrected chi connectivity index (χ2v) is 6.09. The normalized spacial score (nSPS) is 26.8. The Morgan fingerprint density at radius 2 is 1.82 bits per heavy atom. The number of nitrogens with zero attached hydrogens (tertiary/aromatic N) is 2. The topological polar surface area (TPSA) is 15.7 Å². The van der Waals surface area contributed by atoms with Gasteiger partial charge in [-0.3, -0.25) is 4.90 Å². The monoisotopic (exact) mass is 240 g/mol. The summed E-state index contributed by atoms with van der Waals surface area (Å²) in [5.41, 5.74) is 0.182. The molecule has 0 aromatic carbocycles. The van der Waals surface area contributed by atoms with Crippen LogP contribution in [0.1, 0.15) is 33.6 Å². The standard InChI is InChI=1S/C14H28N2O/c1-4-15-9-10-17-14(12-15)5-7-16(8-6-14)11-13(2)3/h13H,4-12H2,1-3H3. The minimum Gasteiger partial charge on any atom is -0.372 e.